The van der Waals surface area contributed by atoms with Crippen LogP contribution in [0, 0.1) is 0 Å². The van der Waals surface area contributed by atoms with E-state index in [4.69, 9.17) is 15.2 Å². The Kier molecular flexibility index (Phi) is 4.85. The Labute approximate surface area is 125 Å². The van der Waals surface area contributed by atoms with Crippen LogP contribution in [0.1, 0.15) is 5.56 Å². The number of ether oxygens (including phenoxy) is 2. The number of amides is 1. The molecule has 0 radical (unpaired) electrons. The summed E-state index contributed by atoms with van der Waals surface area (Å²) in [7, 11) is 3.10. The third-order valence-electron chi connectivity index (χ3n) is 2.59. The SMILES string of the molecule is COc1ccc(/C=N\NC(=O)Cn2nnc(N)n2)c(OC)c1. The zero-order chi connectivity index (χ0) is 15.9. The summed E-state index contributed by atoms with van der Waals surface area (Å²) < 4.78 is 10.3. The topological polar surface area (TPSA) is 130 Å². The number of hydrogen-bond donors (Lipinski definition) is 2. The predicted octanol–water partition coefficient (Wildman–Crippen LogP) is -0.577. The van der Waals surface area contributed by atoms with E-state index >= 15 is 0 Å². The van der Waals surface area contributed by atoms with Gasteiger partial charge in [0.1, 0.15) is 18.0 Å². The largest absolute Gasteiger partial charge is 0.497 e. The van der Waals surface area contributed by atoms with Crippen molar-refractivity contribution in [2.24, 2.45) is 5.10 Å². The molecule has 0 aliphatic heterocycles. The van der Waals surface area contributed by atoms with E-state index in [1.807, 2.05) is 0 Å². The van der Waals surface area contributed by atoms with Gasteiger partial charge in [-0.25, -0.2) is 5.43 Å². The highest BCUT2D eigenvalue weighted by Gasteiger charge is 2.06. The van der Waals surface area contributed by atoms with Gasteiger partial charge in [-0.1, -0.05) is 5.10 Å². The van der Waals surface area contributed by atoms with Crippen molar-refractivity contribution in [2.75, 3.05) is 20.0 Å². The Hall–Kier alpha value is -3.17. The minimum absolute atomic E-state index is 0.000675. The van der Waals surface area contributed by atoms with Gasteiger partial charge in [-0.15, -0.1) is 5.10 Å². The van der Waals surface area contributed by atoms with Gasteiger partial charge in [-0.2, -0.15) is 9.90 Å². The number of anilines is 1. The smallest absolute Gasteiger partial charge is 0.263 e. The summed E-state index contributed by atoms with van der Waals surface area (Å²) in [4.78, 5) is 12.7. The molecule has 116 valence electrons. The summed E-state index contributed by atoms with van der Waals surface area (Å²) in [5.41, 5.74) is 8.32. The van der Waals surface area contributed by atoms with Crippen molar-refractivity contribution < 1.29 is 14.3 Å². The molecule has 10 heteroatoms. The molecule has 0 spiro atoms. The van der Waals surface area contributed by atoms with Crippen molar-refractivity contribution in [3.63, 3.8) is 0 Å². The highest BCUT2D eigenvalue weighted by atomic mass is 16.5. The van der Waals surface area contributed by atoms with E-state index < -0.39 is 5.91 Å². The second-order valence-electron chi connectivity index (χ2n) is 4.08. The number of carbonyl (C=O) groups excluding carboxylic acids is 1. The van der Waals surface area contributed by atoms with Gasteiger partial charge in [-0.3, -0.25) is 4.79 Å². The molecule has 0 bridgehead atoms. The molecule has 0 saturated carbocycles. The summed E-state index contributed by atoms with van der Waals surface area (Å²) in [6, 6.07) is 5.23. The molecule has 1 amide bonds. The maximum atomic E-state index is 11.6. The number of hydrazone groups is 1. The fourth-order valence-corrected chi connectivity index (χ4v) is 1.59. The van der Waals surface area contributed by atoms with Crippen molar-refractivity contribution in [1.82, 2.24) is 25.6 Å². The van der Waals surface area contributed by atoms with Crippen LogP contribution < -0.4 is 20.6 Å². The van der Waals surface area contributed by atoms with E-state index in [9.17, 15) is 4.79 Å². The van der Waals surface area contributed by atoms with Crippen LogP contribution in [0.2, 0.25) is 0 Å². The van der Waals surface area contributed by atoms with Gasteiger partial charge in [0.25, 0.3) is 11.9 Å². The van der Waals surface area contributed by atoms with Gasteiger partial charge in [-0.05, 0) is 17.3 Å². The highest BCUT2D eigenvalue weighted by molar-refractivity contribution is 5.85. The lowest BCUT2D eigenvalue weighted by molar-refractivity contribution is -0.122. The molecular weight excluding hydrogens is 290 g/mol. The Balaban J connectivity index is 1.95. The first-order chi connectivity index (χ1) is 10.6. The van der Waals surface area contributed by atoms with Gasteiger partial charge in [0.15, 0.2) is 0 Å². The van der Waals surface area contributed by atoms with E-state index in [2.05, 4.69) is 25.9 Å². The molecule has 22 heavy (non-hydrogen) atoms. The zero-order valence-corrected chi connectivity index (χ0v) is 12.1. The van der Waals surface area contributed by atoms with Crippen molar-refractivity contribution in [1.29, 1.82) is 0 Å². The summed E-state index contributed by atoms with van der Waals surface area (Å²) in [5, 5.41) is 14.6. The first-order valence-corrected chi connectivity index (χ1v) is 6.19. The number of methoxy groups -OCH3 is 2. The minimum Gasteiger partial charge on any atom is -0.497 e. The van der Waals surface area contributed by atoms with E-state index in [1.54, 1.807) is 25.3 Å². The second-order valence-corrected chi connectivity index (χ2v) is 4.08. The minimum atomic E-state index is -0.416. The first-order valence-electron chi connectivity index (χ1n) is 6.19. The Morgan fingerprint density at radius 2 is 2.27 bits per heavy atom. The number of benzene rings is 1. The van der Waals surface area contributed by atoms with Crippen LogP contribution >= 0.6 is 0 Å². The molecule has 2 rings (SSSR count). The Bertz CT molecular complexity index is 683. The van der Waals surface area contributed by atoms with Gasteiger partial charge in [0.05, 0.1) is 20.4 Å². The molecule has 1 heterocycles. The molecule has 1 aromatic carbocycles. The number of hydrogen-bond acceptors (Lipinski definition) is 8. The second kappa shape index (κ2) is 7.02. The average Bonchev–Trinajstić information content (AvgIpc) is 2.92. The van der Waals surface area contributed by atoms with Crippen molar-refractivity contribution in [3.05, 3.63) is 23.8 Å². The lowest BCUT2D eigenvalue weighted by atomic mass is 10.2. The number of tetrazole rings is 1. The van der Waals surface area contributed by atoms with Crippen LogP contribution in [-0.2, 0) is 11.3 Å². The Morgan fingerprint density at radius 1 is 1.45 bits per heavy atom. The van der Waals surface area contributed by atoms with Gasteiger partial charge in [0.2, 0.25) is 0 Å². The lowest BCUT2D eigenvalue weighted by Crippen LogP contribution is -2.24. The van der Waals surface area contributed by atoms with Crippen molar-refractivity contribution in [2.45, 2.75) is 6.54 Å². The van der Waals surface area contributed by atoms with Crippen LogP contribution in [0.15, 0.2) is 23.3 Å². The molecule has 0 atom stereocenters. The van der Waals surface area contributed by atoms with E-state index in [1.165, 1.54) is 13.3 Å². The van der Waals surface area contributed by atoms with Crippen LogP contribution in [0.5, 0.6) is 11.5 Å². The number of rotatable bonds is 6. The number of nitrogens with two attached hydrogens (primary N) is 1. The molecule has 0 aliphatic rings. The maximum absolute atomic E-state index is 11.6. The van der Waals surface area contributed by atoms with Crippen molar-refractivity contribution in [3.8, 4) is 11.5 Å². The summed E-state index contributed by atoms with van der Waals surface area (Å²) in [6.07, 6.45) is 1.46. The third kappa shape index (κ3) is 3.91. The molecule has 2 aromatic rings. The van der Waals surface area contributed by atoms with E-state index in [0.717, 1.165) is 4.80 Å². The molecular formula is C12H15N7O3. The summed E-state index contributed by atoms with van der Waals surface area (Å²) in [5.74, 6) is 0.816. The fourth-order valence-electron chi connectivity index (χ4n) is 1.59. The lowest BCUT2D eigenvalue weighted by Gasteiger charge is -2.06. The number of aromatic nitrogens is 4. The number of nitrogen functional groups attached to an aromatic ring is 1. The average molecular weight is 305 g/mol. The molecule has 0 fully saturated rings. The Morgan fingerprint density at radius 3 is 2.91 bits per heavy atom. The third-order valence-corrected chi connectivity index (χ3v) is 2.59. The van der Waals surface area contributed by atoms with E-state index in [-0.39, 0.29) is 12.5 Å². The normalized spacial score (nSPS) is 10.6. The number of carbonyl (C=O) groups is 1. The standard InChI is InChI=1S/C12H15N7O3/c1-21-9-4-3-8(10(5-9)22-2)6-14-15-11(20)7-19-17-12(13)16-18-19/h3-6H,7H2,1-2H3,(H2,13,17)(H,15,20)/b14-6-. The molecule has 0 aliphatic carbocycles. The van der Waals surface area contributed by atoms with Crippen molar-refractivity contribution >= 4 is 18.1 Å². The number of nitrogens with one attached hydrogen (secondary N) is 1. The van der Waals surface area contributed by atoms with Crippen LogP contribution in [0.3, 0.4) is 0 Å². The molecule has 3 N–H and O–H groups in total. The van der Waals surface area contributed by atoms with E-state index in [0.29, 0.717) is 17.1 Å². The summed E-state index contributed by atoms with van der Waals surface area (Å²) in [6.45, 7) is -0.138. The quantitative estimate of drug-likeness (QED) is 0.539. The molecule has 1 aromatic heterocycles. The van der Waals surface area contributed by atoms with Crippen LogP contribution in [-0.4, -0.2) is 46.5 Å². The fraction of sp³-hybridized carbons (Fsp3) is 0.250. The molecule has 0 unspecified atom stereocenters. The molecule has 0 saturated heterocycles. The van der Waals surface area contributed by atoms with Gasteiger partial charge in [0, 0.05) is 11.6 Å². The van der Waals surface area contributed by atoms with Crippen LogP contribution in [0.25, 0.3) is 0 Å². The van der Waals surface area contributed by atoms with Gasteiger partial charge >= 0.3 is 0 Å². The predicted molar refractivity (Wildman–Crippen MR) is 77.5 cm³/mol. The zero-order valence-electron chi connectivity index (χ0n) is 12.1. The molecule has 10 nitrogen and oxygen atoms in total. The first kappa shape index (κ1) is 15.2. The summed E-state index contributed by atoms with van der Waals surface area (Å²) >= 11 is 0. The monoisotopic (exact) mass is 305 g/mol. The highest BCUT2D eigenvalue weighted by Crippen LogP contribution is 2.22. The number of nitrogens with zero attached hydrogens (tertiary/aromatic N) is 5. The van der Waals surface area contributed by atoms with Gasteiger partial charge < -0.3 is 15.2 Å². The maximum Gasteiger partial charge on any atom is 0.263 e. The van der Waals surface area contributed by atoms with Crippen LogP contribution in [0.4, 0.5) is 5.95 Å².